The van der Waals surface area contributed by atoms with Gasteiger partial charge in [-0.1, -0.05) is 36.8 Å². The molecule has 1 amide bonds. The Kier molecular flexibility index (Phi) is 3.56. The predicted octanol–water partition coefficient (Wildman–Crippen LogP) is 2.24. The van der Waals surface area contributed by atoms with E-state index in [9.17, 15) is 4.79 Å². The normalized spacial score (nSPS) is 30.3. The standard InChI is InChI=1S/C16H22N2O/c17-15(12-4-2-1-3-5-12)10-18-16(19)14-9-11-6-7-13(14)8-11/h1-5,11,13-15H,6-10,17H2,(H,18,19). The average molecular weight is 258 g/mol. The predicted molar refractivity (Wildman–Crippen MR) is 75.3 cm³/mol. The number of amides is 1. The van der Waals surface area contributed by atoms with E-state index in [1.54, 1.807) is 0 Å². The molecule has 4 unspecified atom stereocenters. The van der Waals surface area contributed by atoms with E-state index in [2.05, 4.69) is 5.32 Å². The molecule has 3 rings (SSSR count). The van der Waals surface area contributed by atoms with Crippen molar-refractivity contribution in [2.45, 2.75) is 31.7 Å². The first-order chi connectivity index (χ1) is 9.24. The molecule has 2 bridgehead atoms. The van der Waals surface area contributed by atoms with E-state index in [-0.39, 0.29) is 17.9 Å². The summed E-state index contributed by atoms with van der Waals surface area (Å²) in [5.74, 6) is 1.92. The van der Waals surface area contributed by atoms with Gasteiger partial charge in [-0.25, -0.2) is 0 Å². The highest BCUT2D eigenvalue weighted by atomic mass is 16.1. The van der Waals surface area contributed by atoms with E-state index >= 15 is 0 Å². The lowest BCUT2D eigenvalue weighted by molar-refractivity contribution is -0.126. The fourth-order valence-corrected chi connectivity index (χ4v) is 3.73. The van der Waals surface area contributed by atoms with Crippen molar-refractivity contribution in [1.82, 2.24) is 5.32 Å². The van der Waals surface area contributed by atoms with Crippen LogP contribution in [-0.4, -0.2) is 12.5 Å². The third-order valence-electron chi connectivity index (χ3n) is 4.80. The van der Waals surface area contributed by atoms with Gasteiger partial charge in [0.25, 0.3) is 0 Å². The van der Waals surface area contributed by atoms with E-state index in [0.29, 0.717) is 12.5 Å². The molecule has 3 heteroatoms. The lowest BCUT2D eigenvalue weighted by Crippen LogP contribution is -2.37. The van der Waals surface area contributed by atoms with E-state index in [1.165, 1.54) is 19.3 Å². The van der Waals surface area contributed by atoms with E-state index in [0.717, 1.165) is 17.9 Å². The van der Waals surface area contributed by atoms with Gasteiger partial charge >= 0.3 is 0 Å². The Bertz CT molecular complexity index is 445. The summed E-state index contributed by atoms with van der Waals surface area (Å²) in [7, 11) is 0. The van der Waals surface area contributed by atoms with Crippen molar-refractivity contribution in [2.24, 2.45) is 23.5 Å². The van der Waals surface area contributed by atoms with Crippen LogP contribution in [-0.2, 0) is 4.79 Å². The van der Waals surface area contributed by atoms with Crippen LogP contribution in [0.5, 0.6) is 0 Å². The number of rotatable bonds is 4. The number of nitrogens with one attached hydrogen (secondary N) is 1. The largest absolute Gasteiger partial charge is 0.354 e. The van der Waals surface area contributed by atoms with Crippen molar-refractivity contribution in [2.75, 3.05) is 6.54 Å². The third-order valence-corrected chi connectivity index (χ3v) is 4.80. The smallest absolute Gasteiger partial charge is 0.223 e. The highest BCUT2D eigenvalue weighted by Gasteiger charge is 2.42. The van der Waals surface area contributed by atoms with Crippen molar-refractivity contribution in [1.29, 1.82) is 0 Å². The molecule has 19 heavy (non-hydrogen) atoms. The fraction of sp³-hybridized carbons (Fsp3) is 0.562. The van der Waals surface area contributed by atoms with E-state index in [1.807, 2.05) is 30.3 Å². The average Bonchev–Trinajstić information content (AvgIpc) is 3.08. The van der Waals surface area contributed by atoms with Crippen LogP contribution in [0.4, 0.5) is 0 Å². The molecule has 2 fully saturated rings. The van der Waals surface area contributed by atoms with Crippen LogP contribution in [0.3, 0.4) is 0 Å². The first-order valence-corrected chi connectivity index (χ1v) is 7.32. The highest BCUT2D eigenvalue weighted by molar-refractivity contribution is 5.79. The van der Waals surface area contributed by atoms with Crippen LogP contribution in [0.1, 0.15) is 37.3 Å². The van der Waals surface area contributed by atoms with Crippen LogP contribution < -0.4 is 11.1 Å². The SMILES string of the molecule is NC(CNC(=O)C1CC2CCC1C2)c1ccccc1. The van der Waals surface area contributed by atoms with Crippen molar-refractivity contribution in [3.05, 3.63) is 35.9 Å². The van der Waals surface area contributed by atoms with Crippen LogP contribution in [0.25, 0.3) is 0 Å². The van der Waals surface area contributed by atoms with Gasteiger partial charge in [-0.3, -0.25) is 4.79 Å². The molecule has 1 aromatic rings. The number of nitrogens with two attached hydrogens (primary N) is 1. The number of benzene rings is 1. The molecule has 0 saturated heterocycles. The summed E-state index contributed by atoms with van der Waals surface area (Å²) >= 11 is 0. The molecule has 0 aromatic heterocycles. The summed E-state index contributed by atoms with van der Waals surface area (Å²) < 4.78 is 0. The second kappa shape index (κ2) is 5.33. The molecule has 2 saturated carbocycles. The molecular formula is C16H22N2O. The molecule has 0 heterocycles. The Morgan fingerprint density at radius 3 is 2.68 bits per heavy atom. The van der Waals surface area contributed by atoms with Gasteiger partial charge in [-0.05, 0) is 36.7 Å². The summed E-state index contributed by atoms with van der Waals surface area (Å²) in [6.07, 6.45) is 4.94. The lowest BCUT2D eigenvalue weighted by atomic mass is 9.88. The van der Waals surface area contributed by atoms with Gasteiger partial charge in [-0.15, -0.1) is 0 Å². The van der Waals surface area contributed by atoms with Gasteiger partial charge in [0.05, 0.1) is 0 Å². The van der Waals surface area contributed by atoms with Crippen molar-refractivity contribution in [3.63, 3.8) is 0 Å². The molecule has 0 radical (unpaired) electrons. The summed E-state index contributed by atoms with van der Waals surface area (Å²) in [5, 5.41) is 3.04. The van der Waals surface area contributed by atoms with Gasteiger partial charge in [0, 0.05) is 18.5 Å². The minimum absolute atomic E-state index is 0.108. The van der Waals surface area contributed by atoms with Crippen LogP contribution in [0, 0.1) is 17.8 Å². The topological polar surface area (TPSA) is 55.1 Å². The number of carbonyl (C=O) groups excluding carboxylic acids is 1. The minimum Gasteiger partial charge on any atom is -0.354 e. The van der Waals surface area contributed by atoms with Crippen LogP contribution in [0.15, 0.2) is 30.3 Å². The molecule has 102 valence electrons. The summed E-state index contributed by atoms with van der Waals surface area (Å²) in [4.78, 5) is 12.2. The molecule has 3 nitrogen and oxygen atoms in total. The first-order valence-electron chi connectivity index (χ1n) is 7.32. The Labute approximate surface area is 114 Å². The van der Waals surface area contributed by atoms with Crippen molar-refractivity contribution >= 4 is 5.91 Å². The maximum absolute atomic E-state index is 12.2. The summed E-state index contributed by atoms with van der Waals surface area (Å²) in [6.45, 7) is 0.538. The van der Waals surface area contributed by atoms with Gasteiger partial charge in [0.15, 0.2) is 0 Å². The second-order valence-corrected chi connectivity index (χ2v) is 6.04. The Hall–Kier alpha value is -1.35. The molecule has 2 aliphatic carbocycles. The quantitative estimate of drug-likeness (QED) is 0.870. The molecule has 4 atom stereocenters. The minimum atomic E-state index is -0.108. The number of carbonyl (C=O) groups is 1. The summed E-state index contributed by atoms with van der Waals surface area (Å²) in [6, 6.07) is 9.84. The monoisotopic (exact) mass is 258 g/mol. The first kappa shape index (κ1) is 12.7. The zero-order chi connectivity index (χ0) is 13.2. The maximum Gasteiger partial charge on any atom is 0.223 e. The van der Waals surface area contributed by atoms with E-state index in [4.69, 9.17) is 5.73 Å². The van der Waals surface area contributed by atoms with Crippen molar-refractivity contribution < 1.29 is 4.79 Å². The molecular weight excluding hydrogens is 236 g/mol. The Morgan fingerprint density at radius 1 is 1.26 bits per heavy atom. The molecule has 0 spiro atoms. The van der Waals surface area contributed by atoms with Crippen LogP contribution >= 0.6 is 0 Å². The third kappa shape index (κ3) is 2.66. The molecule has 3 N–H and O–H groups in total. The number of hydrogen-bond acceptors (Lipinski definition) is 2. The zero-order valence-corrected chi connectivity index (χ0v) is 11.2. The fourth-order valence-electron chi connectivity index (χ4n) is 3.73. The number of fused-ring (bicyclic) bond motifs is 2. The zero-order valence-electron chi connectivity index (χ0n) is 11.2. The Morgan fingerprint density at radius 2 is 2.05 bits per heavy atom. The molecule has 1 aromatic carbocycles. The van der Waals surface area contributed by atoms with Crippen LogP contribution in [0.2, 0.25) is 0 Å². The van der Waals surface area contributed by atoms with Gasteiger partial charge in [0.2, 0.25) is 5.91 Å². The second-order valence-electron chi connectivity index (χ2n) is 6.04. The Balaban J connectivity index is 1.51. The van der Waals surface area contributed by atoms with Crippen molar-refractivity contribution in [3.8, 4) is 0 Å². The molecule has 0 aliphatic heterocycles. The molecule has 2 aliphatic rings. The lowest BCUT2D eigenvalue weighted by Gasteiger charge is -2.22. The highest BCUT2D eigenvalue weighted by Crippen LogP contribution is 2.48. The summed E-state index contributed by atoms with van der Waals surface area (Å²) in [5.41, 5.74) is 7.18. The van der Waals surface area contributed by atoms with Gasteiger partial charge in [0.1, 0.15) is 0 Å². The van der Waals surface area contributed by atoms with Gasteiger partial charge < -0.3 is 11.1 Å². The number of hydrogen-bond donors (Lipinski definition) is 2. The van der Waals surface area contributed by atoms with E-state index < -0.39 is 0 Å². The maximum atomic E-state index is 12.2. The van der Waals surface area contributed by atoms with Gasteiger partial charge in [-0.2, -0.15) is 0 Å².